The van der Waals surface area contributed by atoms with E-state index in [9.17, 15) is 22.8 Å². The zero-order valence-electron chi connectivity index (χ0n) is 15.5. The predicted octanol–water partition coefficient (Wildman–Crippen LogP) is 3.29. The number of halogens is 4. The van der Waals surface area contributed by atoms with Crippen LogP contribution in [0, 0.1) is 0 Å². The molecule has 1 N–H and O–H groups in total. The summed E-state index contributed by atoms with van der Waals surface area (Å²) in [6.45, 7) is -0.570. The van der Waals surface area contributed by atoms with Gasteiger partial charge >= 0.3 is 6.18 Å². The van der Waals surface area contributed by atoms with Crippen LogP contribution in [-0.4, -0.2) is 30.5 Å². The van der Waals surface area contributed by atoms with Crippen molar-refractivity contribution in [3.05, 3.63) is 75.8 Å². The van der Waals surface area contributed by atoms with Gasteiger partial charge in [-0.2, -0.15) is 17.9 Å². The number of carbonyl (C=O) groups excluding carboxylic acids is 1. The fourth-order valence-corrected chi connectivity index (χ4v) is 3.08. The van der Waals surface area contributed by atoms with E-state index in [1.807, 2.05) is 6.07 Å². The third-order valence-electron chi connectivity index (χ3n) is 4.31. The van der Waals surface area contributed by atoms with Crippen molar-refractivity contribution in [2.75, 3.05) is 5.32 Å². The van der Waals surface area contributed by atoms with Crippen molar-refractivity contribution in [1.82, 2.24) is 24.5 Å². The maximum atomic E-state index is 13.2. The number of nitrogens with one attached hydrogen (secondary N) is 1. The topological polar surface area (TPSA) is 94.7 Å². The Morgan fingerprint density at radius 3 is 2.58 bits per heavy atom. The molecule has 0 saturated carbocycles. The Hall–Kier alpha value is -3.73. The number of hydrogen-bond acceptors (Lipinski definition) is 5. The lowest BCUT2D eigenvalue weighted by atomic mass is 10.1. The van der Waals surface area contributed by atoms with Gasteiger partial charge in [-0.3, -0.25) is 14.2 Å². The zero-order valence-corrected chi connectivity index (χ0v) is 16.2. The quantitative estimate of drug-likeness (QED) is 0.517. The highest BCUT2D eigenvalue weighted by molar-refractivity contribution is 6.30. The molecule has 2 aromatic heterocycles. The molecule has 2 heterocycles. The van der Waals surface area contributed by atoms with Gasteiger partial charge in [-0.05, 0) is 30.3 Å². The van der Waals surface area contributed by atoms with E-state index in [-0.39, 0.29) is 16.2 Å². The van der Waals surface area contributed by atoms with Crippen molar-refractivity contribution in [2.24, 2.45) is 0 Å². The molecule has 8 nitrogen and oxygen atoms in total. The van der Waals surface area contributed by atoms with Crippen LogP contribution in [0.2, 0.25) is 5.02 Å². The number of hydrogen-bond donors (Lipinski definition) is 1. The van der Waals surface area contributed by atoms with Crippen LogP contribution in [0.15, 0.2) is 59.7 Å². The first-order valence-corrected chi connectivity index (χ1v) is 9.15. The number of amides is 1. The van der Waals surface area contributed by atoms with E-state index in [1.54, 1.807) is 24.3 Å². The van der Waals surface area contributed by atoms with Crippen molar-refractivity contribution in [3.8, 4) is 5.69 Å². The van der Waals surface area contributed by atoms with Crippen LogP contribution in [0.4, 0.5) is 18.9 Å². The van der Waals surface area contributed by atoms with Crippen LogP contribution in [0.25, 0.3) is 16.9 Å². The number of para-hydroxylation sites is 1. The van der Waals surface area contributed by atoms with Crippen molar-refractivity contribution in [1.29, 1.82) is 0 Å². The molecule has 0 saturated heterocycles. The van der Waals surface area contributed by atoms with E-state index < -0.39 is 35.4 Å². The molecule has 0 bridgehead atoms. The number of aromatic nitrogens is 5. The van der Waals surface area contributed by atoms with Gasteiger partial charge in [-0.15, -0.1) is 5.10 Å². The highest BCUT2D eigenvalue weighted by Gasteiger charge is 2.34. The molecular formula is C19H12ClF3N6O2. The van der Waals surface area contributed by atoms with Crippen LogP contribution < -0.4 is 10.9 Å². The van der Waals surface area contributed by atoms with Gasteiger partial charge in [0.2, 0.25) is 5.91 Å². The summed E-state index contributed by atoms with van der Waals surface area (Å²) in [4.78, 5) is 29.1. The maximum Gasteiger partial charge on any atom is 0.418 e. The molecule has 0 radical (unpaired) electrons. The second kappa shape index (κ2) is 7.84. The summed E-state index contributed by atoms with van der Waals surface area (Å²) in [5.41, 5.74) is -1.49. The Morgan fingerprint density at radius 2 is 1.87 bits per heavy atom. The molecule has 4 rings (SSSR count). The molecule has 158 valence electrons. The molecule has 4 aromatic rings. The molecule has 1 amide bonds. The van der Waals surface area contributed by atoms with Gasteiger partial charge in [0.25, 0.3) is 5.56 Å². The second-order valence-electron chi connectivity index (χ2n) is 6.42. The molecule has 0 atom stereocenters. The molecule has 2 aromatic carbocycles. The van der Waals surface area contributed by atoms with Crippen molar-refractivity contribution in [3.63, 3.8) is 0 Å². The minimum Gasteiger partial charge on any atom is -0.324 e. The summed E-state index contributed by atoms with van der Waals surface area (Å²) in [6, 6.07) is 11.8. The molecule has 31 heavy (non-hydrogen) atoms. The number of fused-ring (bicyclic) bond motifs is 1. The van der Waals surface area contributed by atoms with E-state index in [1.165, 1.54) is 10.7 Å². The van der Waals surface area contributed by atoms with Gasteiger partial charge < -0.3 is 5.32 Å². The largest absolute Gasteiger partial charge is 0.418 e. The van der Waals surface area contributed by atoms with E-state index in [0.29, 0.717) is 11.8 Å². The Morgan fingerprint density at radius 1 is 1.13 bits per heavy atom. The molecule has 0 aliphatic rings. The summed E-state index contributed by atoms with van der Waals surface area (Å²) in [6.07, 6.45) is -3.61. The lowest BCUT2D eigenvalue weighted by molar-refractivity contribution is -0.137. The van der Waals surface area contributed by atoms with Crippen LogP contribution in [-0.2, 0) is 17.5 Å². The van der Waals surface area contributed by atoms with Crippen molar-refractivity contribution < 1.29 is 18.0 Å². The number of carbonyl (C=O) groups is 1. The molecule has 0 unspecified atom stereocenters. The number of anilines is 1. The first-order valence-electron chi connectivity index (χ1n) is 8.77. The highest BCUT2D eigenvalue weighted by Crippen LogP contribution is 2.36. The van der Waals surface area contributed by atoms with E-state index >= 15 is 0 Å². The summed E-state index contributed by atoms with van der Waals surface area (Å²) in [5, 5.41) is 9.76. The van der Waals surface area contributed by atoms with Gasteiger partial charge in [0, 0.05) is 5.02 Å². The molecular weight excluding hydrogens is 437 g/mol. The van der Waals surface area contributed by atoms with Gasteiger partial charge in [0.15, 0.2) is 11.2 Å². The van der Waals surface area contributed by atoms with Crippen LogP contribution in [0.1, 0.15) is 5.56 Å². The fraction of sp³-hybridized carbons (Fsp3) is 0.105. The molecule has 0 aliphatic heterocycles. The smallest absolute Gasteiger partial charge is 0.324 e. The average molecular weight is 449 g/mol. The van der Waals surface area contributed by atoms with Gasteiger partial charge in [0.05, 0.1) is 16.9 Å². The standard InChI is InChI=1S/C19H12ClF3N6O2/c20-11-6-7-14(13(8-11)19(21,22)23)25-15(30)9-28-10-24-17-16(18(28)31)26-27-29(17)12-4-2-1-3-5-12/h1-8,10H,9H2,(H,25,30). The Balaban J connectivity index is 1.61. The third kappa shape index (κ3) is 4.12. The predicted molar refractivity (Wildman–Crippen MR) is 106 cm³/mol. The van der Waals surface area contributed by atoms with Crippen LogP contribution in [0.5, 0.6) is 0 Å². The number of rotatable bonds is 4. The van der Waals surface area contributed by atoms with E-state index in [4.69, 9.17) is 11.6 Å². The van der Waals surface area contributed by atoms with E-state index in [2.05, 4.69) is 20.6 Å². The Bertz CT molecular complexity index is 1330. The Kier molecular flexibility index (Phi) is 5.19. The molecule has 0 fully saturated rings. The minimum atomic E-state index is -4.72. The number of alkyl halides is 3. The highest BCUT2D eigenvalue weighted by atomic mass is 35.5. The van der Waals surface area contributed by atoms with Crippen LogP contribution in [0.3, 0.4) is 0 Å². The summed E-state index contributed by atoms with van der Waals surface area (Å²) < 4.78 is 41.9. The first kappa shape index (κ1) is 20.5. The molecule has 0 aliphatic carbocycles. The molecule has 12 heteroatoms. The maximum absolute atomic E-state index is 13.2. The van der Waals surface area contributed by atoms with Crippen molar-refractivity contribution >= 4 is 34.4 Å². The van der Waals surface area contributed by atoms with Crippen molar-refractivity contribution in [2.45, 2.75) is 12.7 Å². The fourth-order valence-electron chi connectivity index (χ4n) is 2.90. The summed E-state index contributed by atoms with van der Waals surface area (Å²) in [5.74, 6) is -0.855. The van der Waals surface area contributed by atoms with Gasteiger partial charge in [-0.1, -0.05) is 35.0 Å². The lowest BCUT2D eigenvalue weighted by Gasteiger charge is -2.14. The first-order chi connectivity index (χ1) is 14.7. The third-order valence-corrected chi connectivity index (χ3v) is 4.54. The van der Waals surface area contributed by atoms with Gasteiger partial charge in [-0.25, -0.2) is 4.98 Å². The lowest BCUT2D eigenvalue weighted by Crippen LogP contribution is -2.28. The Labute approximate surface area is 176 Å². The SMILES string of the molecule is O=C(Cn1cnc2c(nnn2-c2ccccc2)c1=O)Nc1ccc(Cl)cc1C(F)(F)F. The van der Waals surface area contributed by atoms with E-state index in [0.717, 1.165) is 17.0 Å². The summed E-state index contributed by atoms with van der Waals surface area (Å²) in [7, 11) is 0. The summed E-state index contributed by atoms with van der Waals surface area (Å²) >= 11 is 5.63. The average Bonchev–Trinajstić information content (AvgIpc) is 3.16. The normalized spacial score (nSPS) is 11.6. The zero-order chi connectivity index (χ0) is 22.2. The number of benzene rings is 2. The van der Waals surface area contributed by atoms with Gasteiger partial charge in [0.1, 0.15) is 12.9 Å². The number of nitrogens with zero attached hydrogens (tertiary/aromatic N) is 5. The molecule has 0 spiro atoms. The van der Waals surface area contributed by atoms with Crippen LogP contribution >= 0.6 is 11.6 Å². The monoisotopic (exact) mass is 448 g/mol. The second-order valence-corrected chi connectivity index (χ2v) is 6.86. The minimum absolute atomic E-state index is 0.0818.